The van der Waals surface area contributed by atoms with Gasteiger partial charge in [0.05, 0.1) is 17.6 Å². The molecule has 3 aliphatic rings. The summed E-state index contributed by atoms with van der Waals surface area (Å²) in [5, 5.41) is 0. The molecule has 0 N–H and O–H groups in total. The molecule has 3 aromatic rings. The van der Waals surface area contributed by atoms with Crippen molar-refractivity contribution in [3.05, 3.63) is 95.6 Å². The molecule has 1 spiro atoms. The highest BCUT2D eigenvalue weighted by Gasteiger charge is 2.53. The minimum Gasteiger partial charge on any atom is -0.456 e. The predicted octanol–water partition coefficient (Wildman–Crippen LogP) is 6.00. The summed E-state index contributed by atoms with van der Waals surface area (Å²) in [6, 6.07) is 25.8. The maximum Gasteiger partial charge on any atom is 0.338 e. The number of nitrogens with zero attached hydrogens (tertiary/aromatic N) is 4. The molecule has 0 radical (unpaired) electrons. The molecular weight excluding hydrogens is 576 g/mol. The maximum absolute atomic E-state index is 14.3. The van der Waals surface area contributed by atoms with Gasteiger partial charge in [-0.3, -0.25) is 9.59 Å². The van der Waals surface area contributed by atoms with Crippen molar-refractivity contribution < 1.29 is 19.1 Å². The van der Waals surface area contributed by atoms with Gasteiger partial charge in [0, 0.05) is 37.6 Å². The molecular formula is C38H46N4O4. The first kappa shape index (κ1) is 31.8. The van der Waals surface area contributed by atoms with Gasteiger partial charge < -0.3 is 24.3 Å². The van der Waals surface area contributed by atoms with Crippen LogP contribution < -0.4 is 9.80 Å². The van der Waals surface area contributed by atoms with Crippen LogP contribution in [-0.4, -0.2) is 71.6 Å². The Morgan fingerprint density at radius 1 is 0.826 bits per heavy atom. The normalized spacial score (nSPS) is 19.2. The fourth-order valence-corrected chi connectivity index (χ4v) is 7.25. The van der Waals surface area contributed by atoms with Crippen LogP contribution >= 0.6 is 0 Å². The monoisotopic (exact) mass is 622 g/mol. The standard InChI is InChI=1S/C38H46N4O4/c1-36(2,3)46-33(43)29-18-16-28(17-19-29)26-40-27-42(30-12-7-6-8-13-30)38(35(40)45)20-24-39(25-21-38)22-11-23-41-32-15-10-9-14-31(32)37(4,5)34(41)44/h6-10,12-19H,11,20-27H2,1-5H3. The number of carbonyl (C=O) groups excluding carboxylic acids is 3. The summed E-state index contributed by atoms with van der Waals surface area (Å²) in [5.41, 5.74) is 3.02. The molecule has 2 amide bonds. The number of para-hydroxylation sites is 2. The van der Waals surface area contributed by atoms with Crippen molar-refractivity contribution in [2.45, 2.75) is 77.0 Å². The van der Waals surface area contributed by atoms with Crippen LogP contribution in [0.2, 0.25) is 0 Å². The van der Waals surface area contributed by atoms with E-state index in [1.807, 2.05) is 86.9 Å². The van der Waals surface area contributed by atoms with Gasteiger partial charge in [0.1, 0.15) is 11.1 Å². The van der Waals surface area contributed by atoms with E-state index in [0.29, 0.717) is 25.3 Å². The second-order valence-electron chi connectivity index (χ2n) is 14.4. The average molecular weight is 623 g/mol. The maximum atomic E-state index is 14.3. The number of likely N-dealkylation sites (tertiary alicyclic amines) is 1. The molecule has 46 heavy (non-hydrogen) atoms. The van der Waals surface area contributed by atoms with E-state index in [4.69, 9.17) is 4.74 Å². The van der Waals surface area contributed by atoms with Crippen LogP contribution in [0.25, 0.3) is 0 Å². The fourth-order valence-electron chi connectivity index (χ4n) is 7.25. The van der Waals surface area contributed by atoms with Crippen LogP contribution in [0, 0.1) is 0 Å². The van der Waals surface area contributed by atoms with Crippen LogP contribution in [0.15, 0.2) is 78.9 Å². The number of esters is 1. The third-order valence-electron chi connectivity index (χ3n) is 9.73. The predicted molar refractivity (Wildman–Crippen MR) is 181 cm³/mol. The number of amides is 2. The van der Waals surface area contributed by atoms with Gasteiger partial charge in [-0.15, -0.1) is 0 Å². The minimum absolute atomic E-state index is 0.161. The van der Waals surface area contributed by atoms with Crippen molar-refractivity contribution in [2.24, 2.45) is 0 Å². The van der Waals surface area contributed by atoms with Crippen molar-refractivity contribution in [3.63, 3.8) is 0 Å². The Bertz CT molecular complexity index is 1590. The first-order valence-electron chi connectivity index (χ1n) is 16.5. The Kier molecular flexibility index (Phi) is 8.44. The van der Waals surface area contributed by atoms with Crippen molar-refractivity contribution in [3.8, 4) is 0 Å². The summed E-state index contributed by atoms with van der Waals surface area (Å²) in [6.45, 7) is 13.8. The molecule has 2 fully saturated rings. The highest BCUT2D eigenvalue weighted by atomic mass is 16.6. The molecule has 8 nitrogen and oxygen atoms in total. The second kappa shape index (κ2) is 12.2. The van der Waals surface area contributed by atoms with Crippen molar-refractivity contribution in [1.82, 2.24) is 9.80 Å². The molecule has 6 rings (SSSR count). The van der Waals surface area contributed by atoms with E-state index in [-0.39, 0.29) is 17.8 Å². The van der Waals surface area contributed by atoms with E-state index in [1.54, 1.807) is 12.1 Å². The first-order valence-corrected chi connectivity index (χ1v) is 16.5. The molecule has 0 bridgehead atoms. The highest BCUT2D eigenvalue weighted by molar-refractivity contribution is 6.07. The van der Waals surface area contributed by atoms with Gasteiger partial charge in [0.25, 0.3) is 0 Å². The zero-order chi connectivity index (χ0) is 32.7. The van der Waals surface area contributed by atoms with E-state index < -0.39 is 16.6 Å². The Labute approximate surface area is 272 Å². The lowest BCUT2D eigenvalue weighted by Gasteiger charge is -2.43. The van der Waals surface area contributed by atoms with Crippen LogP contribution in [0.5, 0.6) is 0 Å². The summed E-state index contributed by atoms with van der Waals surface area (Å²) >= 11 is 0. The number of carbonyl (C=O) groups is 3. The summed E-state index contributed by atoms with van der Waals surface area (Å²) in [7, 11) is 0. The molecule has 0 unspecified atom stereocenters. The van der Waals surface area contributed by atoms with Crippen LogP contribution in [0.4, 0.5) is 11.4 Å². The third-order valence-corrected chi connectivity index (χ3v) is 9.73. The van der Waals surface area contributed by atoms with E-state index in [0.717, 1.165) is 61.4 Å². The van der Waals surface area contributed by atoms with Crippen LogP contribution in [-0.2, 0) is 26.3 Å². The lowest BCUT2D eigenvalue weighted by molar-refractivity contribution is -0.134. The first-order chi connectivity index (χ1) is 21.9. The van der Waals surface area contributed by atoms with Gasteiger partial charge in [0.2, 0.25) is 11.8 Å². The summed E-state index contributed by atoms with van der Waals surface area (Å²) in [6.07, 6.45) is 2.37. The summed E-state index contributed by atoms with van der Waals surface area (Å²) in [4.78, 5) is 48.6. The number of hydrogen-bond acceptors (Lipinski definition) is 6. The zero-order valence-electron chi connectivity index (χ0n) is 27.8. The summed E-state index contributed by atoms with van der Waals surface area (Å²) < 4.78 is 5.51. The fraction of sp³-hybridized carbons (Fsp3) is 0.447. The van der Waals surface area contributed by atoms with E-state index in [1.165, 1.54) is 0 Å². The SMILES string of the molecule is CC(C)(C)OC(=O)c1ccc(CN2CN(c3ccccc3)C3(CCN(CCCN4C(=O)C(C)(C)c5ccccc54)CC3)C2=O)cc1. The Morgan fingerprint density at radius 2 is 1.48 bits per heavy atom. The number of rotatable bonds is 8. The van der Waals surface area contributed by atoms with Crippen LogP contribution in [0.3, 0.4) is 0 Å². The van der Waals surface area contributed by atoms with Gasteiger partial charge in [-0.05, 0) is 102 Å². The number of fused-ring (bicyclic) bond motifs is 1. The minimum atomic E-state index is -0.595. The van der Waals surface area contributed by atoms with E-state index in [9.17, 15) is 14.4 Å². The molecule has 0 saturated carbocycles. The molecule has 3 aromatic carbocycles. The van der Waals surface area contributed by atoms with E-state index >= 15 is 0 Å². The number of hydrogen-bond donors (Lipinski definition) is 0. The quantitative estimate of drug-likeness (QED) is 0.287. The Hall–Kier alpha value is -4.17. The molecule has 0 aliphatic carbocycles. The molecule has 3 aliphatic heterocycles. The molecule has 3 heterocycles. The number of benzene rings is 3. The smallest absolute Gasteiger partial charge is 0.338 e. The number of anilines is 2. The van der Waals surface area contributed by atoms with Gasteiger partial charge in [-0.25, -0.2) is 4.79 Å². The topological polar surface area (TPSA) is 73.4 Å². The van der Waals surface area contributed by atoms with Crippen molar-refractivity contribution in [2.75, 3.05) is 42.6 Å². The van der Waals surface area contributed by atoms with Gasteiger partial charge in [0.15, 0.2) is 0 Å². The van der Waals surface area contributed by atoms with Gasteiger partial charge >= 0.3 is 5.97 Å². The Balaban J connectivity index is 1.11. The second-order valence-corrected chi connectivity index (χ2v) is 14.4. The third kappa shape index (κ3) is 6.03. The summed E-state index contributed by atoms with van der Waals surface area (Å²) in [5.74, 6) is -0.0207. The van der Waals surface area contributed by atoms with Crippen molar-refractivity contribution >= 4 is 29.2 Å². The molecule has 2 saturated heterocycles. The largest absolute Gasteiger partial charge is 0.456 e. The average Bonchev–Trinajstić information content (AvgIpc) is 3.40. The number of piperidine rings is 1. The van der Waals surface area contributed by atoms with Crippen LogP contribution in [0.1, 0.15) is 75.4 Å². The highest BCUT2D eigenvalue weighted by Crippen LogP contribution is 2.42. The lowest BCUT2D eigenvalue weighted by atomic mass is 9.85. The zero-order valence-corrected chi connectivity index (χ0v) is 27.8. The molecule has 0 atom stereocenters. The number of ether oxygens (including phenoxy) is 1. The van der Waals surface area contributed by atoms with Crippen molar-refractivity contribution in [1.29, 1.82) is 0 Å². The molecule has 242 valence electrons. The Morgan fingerprint density at radius 3 is 2.15 bits per heavy atom. The van der Waals surface area contributed by atoms with Gasteiger partial charge in [-0.2, -0.15) is 0 Å². The van der Waals surface area contributed by atoms with E-state index in [2.05, 4.69) is 34.1 Å². The lowest BCUT2D eigenvalue weighted by Crippen LogP contribution is -2.56. The molecule has 0 aromatic heterocycles. The molecule has 8 heteroatoms. The van der Waals surface area contributed by atoms with Gasteiger partial charge in [-0.1, -0.05) is 48.5 Å².